The molecule has 120 valence electrons. The quantitative estimate of drug-likeness (QED) is 0.771. The second-order valence-electron chi connectivity index (χ2n) is 6.12. The van der Waals surface area contributed by atoms with Crippen LogP contribution >= 0.6 is 11.3 Å². The average molecular weight is 327 g/mol. The van der Waals surface area contributed by atoms with Crippen LogP contribution in [0, 0.1) is 0 Å². The van der Waals surface area contributed by atoms with Gasteiger partial charge in [0.1, 0.15) is 0 Å². The molecular weight excluding hydrogens is 306 g/mol. The van der Waals surface area contributed by atoms with Crippen molar-refractivity contribution in [3.05, 3.63) is 52.1 Å². The van der Waals surface area contributed by atoms with Gasteiger partial charge in [0.15, 0.2) is 0 Å². The lowest BCUT2D eigenvalue weighted by molar-refractivity contribution is -0.129. The van der Waals surface area contributed by atoms with Crippen LogP contribution in [-0.2, 0) is 17.8 Å². The topological polar surface area (TPSA) is 49.0 Å². The standard InChI is InChI=1S/C18H21N3OS/c1-12(2)18-20-14(11-23-18)10-21(3)17(22)8-13-9-19-16-7-5-4-6-15(13)16/h4-7,9,11-12,19H,8,10H2,1-3H3. The van der Waals surface area contributed by atoms with Crippen molar-refractivity contribution in [1.29, 1.82) is 0 Å². The summed E-state index contributed by atoms with van der Waals surface area (Å²) in [4.78, 5) is 22.1. The van der Waals surface area contributed by atoms with Crippen LogP contribution in [0.3, 0.4) is 0 Å². The summed E-state index contributed by atoms with van der Waals surface area (Å²) in [5.74, 6) is 0.537. The molecule has 1 N–H and O–H groups in total. The molecule has 0 aliphatic rings. The molecule has 3 aromatic rings. The van der Waals surface area contributed by atoms with Crippen LogP contribution in [0.25, 0.3) is 10.9 Å². The zero-order valence-corrected chi connectivity index (χ0v) is 14.5. The highest BCUT2D eigenvalue weighted by atomic mass is 32.1. The minimum absolute atomic E-state index is 0.105. The van der Waals surface area contributed by atoms with E-state index in [9.17, 15) is 4.79 Å². The maximum absolute atomic E-state index is 12.5. The molecule has 2 aromatic heterocycles. The molecule has 0 saturated carbocycles. The molecule has 0 spiro atoms. The SMILES string of the molecule is CC(C)c1nc(CN(C)C(=O)Cc2c[nH]c3ccccc23)cs1. The molecule has 0 saturated heterocycles. The number of fused-ring (bicyclic) bond motifs is 1. The zero-order valence-electron chi connectivity index (χ0n) is 13.7. The second kappa shape index (κ2) is 6.54. The Morgan fingerprint density at radius 1 is 1.35 bits per heavy atom. The second-order valence-corrected chi connectivity index (χ2v) is 7.01. The fourth-order valence-electron chi connectivity index (χ4n) is 2.57. The third kappa shape index (κ3) is 3.45. The van der Waals surface area contributed by atoms with E-state index in [1.54, 1.807) is 16.2 Å². The Balaban J connectivity index is 1.67. The van der Waals surface area contributed by atoms with Crippen LogP contribution in [0.15, 0.2) is 35.8 Å². The fourth-order valence-corrected chi connectivity index (χ4v) is 3.39. The fraction of sp³-hybridized carbons (Fsp3) is 0.333. The number of carbonyl (C=O) groups excluding carboxylic acids is 1. The van der Waals surface area contributed by atoms with E-state index in [-0.39, 0.29) is 5.91 Å². The Kier molecular flexibility index (Phi) is 4.48. The molecule has 3 rings (SSSR count). The lowest BCUT2D eigenvalue weighted by Gasteiger charge is -2.15. The first-order valence-electron chi connectivity index (χ1n) is 7.78. The monoisotopic (exact) mass is 327 g/mol. The lowest BCUT2D eigenvalue weighted by Crippen LogP contribution is -2.27. The molecule has 2 heterocycles. The minimum Gasteiger partial charge on any atom is -0.361 e. The van der Waals surface area contributed by atoms with E-state index in [2.05, 4.69) is 23.8 Å². The van der Waals surface area contributed by atoms with Gasteiger partial charge in [-0.3, -0.25) is 4.79 Å². The normalized spacial score (nSPS) is 11.3. The van der Waals surface area contributed by atoms with Gasteiger partial charge in [0, 0.05) is 35.4 Å². The number of aromatic amines is 1. The van der Waals surface area contributed by atoms with Crippen molar-refractivity contribution in [2.45, 2.75) is 32.7 Å². The molecule has 0 fully saturated rings. The summed E-state index contributed by atoms with van der Waals surface area (Å²) in [6, 6.07) is 8.06. The van der Waals surface area contributed by atoms with Gasteiger partial charge < -0.3 is 9.88 Å². The summed E-state index contributed by atoms with van der Waals surface area (Å²) in [7, 11) is 1.84. The van der Waals surface area contributed by atoms with Crippen molar-refractivity contribution in [2.75, 3.05) is 7.05 Å². The van der Waals surface area contributed by atoms with Crippen LogP contribution in [0.5, 0.6) is 0 Å². The van der Waals surface area contributed by atoms with Crippen molar-refractivity contribution in [2.24, 2.45) is 0 Å². The molecule has 5 heteroatoms. The Labute approximate surface area is 140 Å². The van der Waals surface area contributed by atoms with E-state index in [4.69, 9.17) is 0 Å². The Morgan fingerprint density at radius 2 is 2.13 bits per heavy atom. The van der Waals surface area contributed by atoms with Gasteiger partial charge in [0.2, 0.25) is 5.91 Å². The summed E-state index contributed by atoms with van der Waals surface area (Å²) in [5.41, 5.74) is 3.08. The van der Waals surface area contributed by atoms with Crippen LogP contribution < -0.4 is 0 Å². The molecule has 4 nitrogen and oxygen atoms in total. The Morgan fingerprint density at radius 3 is 2.87 bits per heavy atom. The number of carbonyl (C=O) groups is 1. The number of H-pyrrole nitrogens is 1. The number of para-hydroxylation sites is 1. The minimum atomic E-state index is 0.105. The molecule has 1 amide bonds. The van der Waals surface area contributed by atoms with Crippen molar-refractivity contribution in [3.63, 3.8) is 0 Å². The maximum atomic E-state index is 12.5. The number of amides is 1. The van der Waals surface area contributed by atoms with E-state index < -0.39 is 0 Å². The number of hydrogen-bond acceptors (Lipinski definition) is 3. The third-order valence-corrected chi connectivity index (χ3v) is 5.10. The number of thiazole rings is 1. The third-order valence-electron chi connectivity index (χ3n) is 3.90. The van der Waals surface area contributed by atoms with Crippen molar-refractivity contribution in [1.82, 2.24) is 14.9 Å². The van der Waals surface area contributed by atoms with Crippen LogP contribution in [-0.4, -0.2) is 27.8 Å². The van der Waals surface area contributed by atoms with E-state index in [1.807, 2.05) is 42.9 Å². The number of nitrogens with one attached hydrogen (secondary N) is 1. The largest absolute Gasteiger partial charge is 0.361 e. The number of nitrogens with zero attached hydrogens (tertiary/aromatic N) is 2. The zero-order chi connectivity index (χ0) is 16.4. The molecule has 23 heavy (non-hydrogen) atoms. The van der Waals surface area contributed by atoms with Gasteiger partial charge >= 0.3 is 0 Å². The van der Waals surface area contributed by atoms with Gasteiger partial charge in [-0.15, -0.1) is 11.3 Å². The van der Waals surface area contributed by atoms with Gasteiger partial charge in [0.25, 0.3) is 0 Å². The smallest absolute Gasteiger partial charge is 0.227 e. The molecule has 0 aliphatic heterocycles. The molecule has 1 aromatic carbocycles. The molecule has 0 unspecified atom stereocenters. The summed E-state index contributed by atoms with van der Waals surface area (Å²) in [6.07, 6.45) is 2.33. The Hall–Kier alpha value is -2.14. The number of likely N-dealkylation sites (N-methyl/N-ethyl adjacent to an activating group) is 1. The summed E-state index contributed by atoms with van der Waals surface area (Å²) in [5, 5.41) is 4.28. The number of benzene rings is 1. The van der Waals surface area contributed by atoms with Crippen LogP contribution in [0.4, 0.5) is 0 Å². The van der Waals surface area contributed by atoms with Gasteiger partial charge in [-0.25, -0.2) is 4.98 Å². The number of aromatic nitrogens is 2. The predicted molar refractivity (Wildman–Crippen MR) is 94.7 cm³/mol. The number of hydrogen-bond donors (Lipinski definition) is 1. The van der Waals surface area contributed by atoms with Crippen LogP contribution in [0.1, 0.15) is 36.0 Å². The van der Waals surface area contributed by atoms with Gasteiger partial charge in [0.05, 0.1) is 23.7 Å². The van der Waals surface area contributed by atoms with Crippen LogP contribution in [0.2, 0.25) is 0 Å². The summed E-state index contributed by atoms with van der Waals surface area (Å²) >= 11 is 1.66. The highest BCUT2D eigenvalue weighted by molar-refractivity contribution is 7.09. The molecule has 0 aliphatic carbocycles. The lowest BCUT2D eigenvalue weighted by atomic mass is 10.1. The van der Waals surface area contributed by atoms with E-state index in [0.29, 0.717) is 18.9 Å². The first-order chi connectivity index (χ1) is 11.0. The number of rotatable bonds is 5. The van der Waals surface area contributed by atoms with E-state index >= 15 is 0 Å². The highest BCUT2D eigenvalue weighted by Gasteiger charge is 2.15. The maximum Gasteiger partial charge on any atom is 0.227 e. The molecular formula is C18H21N3OS. The first-order valence-corrected chi connectivity index (χ1v) is 8.66. The highest BCUT2D eigenvalue weighted by Crippen LogP contribution is 2.21. The molecule has 0 atom stereocenters. The van der Waals surface area contributed by atoms with Crippen molar-refractivity contribution in [3.8, 4) is 0 Å². The van der Waals surface area contributed by atoms with E-state index in [1.165, 1.54) is 0 Å². The van der Waals surface area contributed by atoms with Gasteiger partial charge in [-0.05, 0) is 11.6 Å². The first kappa shape index (κ1) is 15.7. The van der Waals surface area contributed by atoms with Gasteiger partial charge in [-0.1, -0.05) is 32.0 Å². The van der Waals surface area contributed by atoms with Crippen molar-refractivity contribution < 1.29 is 4.79 Å². The predicted octanol–water partition coefficient (Wildman–Crippen LogP) is 3.95. The van der Waals surface area contributed by atoms with E-state index in [0.717, 1.165) is 27.2 Å². The van der Waals surface area contributed by atoms with Crippen molar-refractivity contribution >= 4 is 28.1 Å². The average Bonchev–Trinajstić information content (AvgIpc) is 3.15. The molecule has 0 bridgehead atoms. The van der Waals surface area contributed by atoms with Gasteiger partial charge in [-0.2, -0.15) is 0 Å². The molecule has 0 radical (unpaired) electrons. The summed E-state index contributed by atoms with van der Waals surface area (Å²) < 4.78 is 0. The Bertz CT molecular complexity index is 818. The summed E-state index contributed by atoms with van der Waals surface area (Å²) in [6.45, 7) is 4.83.